The van der Waals surface area contributed by atoms with Crippen LogP contribution in [0, 0.1) is 0 Å². The zero-order valence-corrected chi connectivity index (χ0v) is 11.2. The van der Waals surface area contributed by atoms with Gasteiger partial charge in [0.2, 0.25) is 11.8 Å². The number of hydrogen-bond acceptors (Lipinski definition) is 3. The number of nitrogens with zero attached hydrogens (tertiary/aromatic N) is 2. The molecule has 1 unspecified atom stereocenters. The third-order valence-electron chi connectivity index (χ3n) is 3.52. The summed E-state index contributed by atoms with van der Waals surface area (Å²) in [6.45, 7) is 1.82. The van der Waals surface area contributed by atoms with E-state index in [0.29, 0.717) is 6.54 Å². The zero-order valence-electron chi connectivity index (χ0n) is 10.4. The van der Waals surface area contributed by atoms with Crippen molar-refractivity contribution in [1.29, 1.82) is 0 Å². The smallest absolute Gasteiger partial charge is 0.245 e. The lowest BCUT2D eigenvalue weighted by molar-refractivity contribution is -0.153. The molecule has 0 aromatic heterocycles. The van der Waals surface area contributed by atoms with Gasteiger partial charge in [0.1, 0.15) is 6.04 Å². The van der Waals surface area contributed by atoms with Gasteiger partial charge in [-0.05, 0) is 37.7 Å². The summed E-state index contributed by atoms with van der Waals surface area (Å²) in [7, 11) is 0. The van der Waals surface area contributed by atoms with Gasteiger partial charge in [-0.15, -0.1) is 0 Å². The monoisotopic (exact) mass is 256 g/mol. The summed E-state index contributed by atoms with van der Waals surface area (Å²) in [6.07, 6.45) is 6.04. The maximum Gasteiger partial charge on any atom is 0.245 e. The van der Waals surface area contributed by atoms with Crippen molar-refractivity contribution >= 4 is 23.6 Å². The predicted molar refractivity (Wildman–Crippen MR) is 68.9 cm³/mol. The Labute approximate surface area is 107 Å². The number of amides is 2. The molecule has 2 aliphatic heterocycles. The van der Waals surface area contributed by atoms with Crippen LogP contribution in [0.2, 0.25) is 0 Å². The quantitative estimate of drug-likeness (QED) is 0.688. The lowest BCUT2D eigenvalue weighted by atomic mass is 10.1. The average Bonchev–Trinajstić information content (AvgIpc) is 2.80. The number of fused-ring (bicyclic) bond motifs is 1. The molecule has 0 aliphatic carbocycles. The molecule has 4 nitrogen and oxygen atoms in total. The van der Waals surface area contributed by atoms with Gasteiger partial charge < -0.3 is 9.80 Å². The molecular weight excluding hydrogens is 236 g/mol. The fraction of sp³-hybridized carbons (Fsp3) is 0.833. The molecule has 0 aromatic carbocycles. The Kier molecular flexibility index (Phi) is 4.31. The molecule has 0 spiro atoms. The molecule has 2 saturated heterocycles. The van der Waals surface area contributed by atoms with Gasteiger partial charge in [-0.25, -0.2) is 0 Å². The summed E-state index contributed by atoms with van der Waals surface area (Å²) in [5, 5.41) is 0. The highest BCUT2D eigenvalue weighted by molar-refractivity contribution is 7.98. The molecule has 17 heavy (non-hydrogen) atoms. The fourth-order valence-corrected chi connectivity index (χ4v) is 3.10. The topological polar surface area (TPSA) is 40.6 Å². The first kappa shape index (κ1) is 12.7. The predicted octanol–water partition coefficient (Wildman–Crippen LogP) is 0.963. The van der Waals surface area contributed by atoms with Crippen LogP contribution in [0.3, 0.4) is 0 Å². The van der Waals surface area contributed by atoms with Crippen molar-refractivity contribution in [1.82, 2.24) is 9.80 Å². The molecule has 2 fully saturated rings. The van der Waals surface area contributed by atoms with Crippen LogP contribution >= 0.6 is 11.8 Å². The molecule has 0 radical (unpaired) electrons. The highest BCUT2D eigenvalue weighted by Gasteiger charge is 2.41. The fourth-order valence-electron chi connectivity index (χ4n) is 2.60. The Morgan fingerprint density at radius 3 is 2.94 bits per heavy atom. The van der Waals surface area contributed by atoms with Crippen molar-refractivity contribution in [2.45, 2.75) is 31.7 Å². The summed E-state index contributed by atoms with van der Waals surface area (Å²) < 4.78 is 0. The first-order valence-corrected chi connectivity index (χ1v) is 7.70. The molecule has 2 rings (SSSR count). The number of carbonyl (C=O) groups is 2. The maximum atomic E-state index is 12.1. The van der Waals surface area contributed by atoms with Crippen molar-refractivity contribution < 1.29 is 9.59 Å². The van der Waals surface area contributed by atoms with E-state index in [4.69, 9.17) is 0 Å². The Morgan fingerprint density at radius 2 is 2.18 bits per heavy atom. The summed E-state index contributed by atoms with van der Waals surface area (Å²) in [4.78, 5) is 27.5. The van der Waals surface area contributed by atoms with Crippen LogP contribution in [0.15, 0.2) is 0 Å². The minimum Gasteiger partial charge on any atom is -0.332 e. The van der Waals surface area contributed by atoms with Crippen molar-refractivity contribution in [3.63, 3.8) is 0 Å². The van der Waals surface area contributed by atoms with Gasteiger partial charge >= 0.3 is 0 Å². The molecule has 0 bridgehead atoms. The van der Waals surface area contributed by atoms with E-state index in [9.17, 15) is 9.59 Å². The summed E-state index contributed by atoms with van der Waals surface area (Å²) in [6, 6.07) is -0.142. The molecule has 2 aliphatic rings. The number of unbranched alkanes of at least 4 members (excludes halogenated alkanes) is 1. The van der Waals surface area contributed by atoms with E-state index in [1.54, 1.807) is 9.80 Å². The van der Waals surface area contributed by atoms with Crippen molar-refractivity contribution in [2.24, 2.45) is 0 Å². The van der Waals surface area contributed by atoms with Crippen LogP contribution in [0.4, 0.5) is 0 Å². The third kappa shape index (κ3) is 2.76. The van der Waals surface area contributed by atoms with E-state index in [2.05, 4.69) is 6.26 Å². The van der Waals surface area contributed by atoms with Crippen LogP contribution in [-0.4, -0.2) is 59.3 Å². The highest BCUT2D eigenvalue weighted by atomic mass is 32.2. The van der Waals surface area contributed by atoms with Gasteiger partial charge in [0.05, 0.1) is 6.54 Å². The average molecular weight is 256 g/mol. The van der Waals surface area contributed by atoms with Gasteiger partial charge in [-0.3, -0.25) is 9.59 Å². The minimum absolute atomic E-state index is 0.136. The SMILES string of the molecule is CSCCCCN1CC(=O)N2CCCC2C1=O. The van der Waals surface area contributed by atoms with Gasteiger partial charge in [0.25, 0.3) is 0 Å². The normalized spacial score (nSPS) is 24.4. The molecule has 0 saturated carbocycles. The lowest BCUT2D eigenvalue weighted by Crippen LogP contribution is -2.57. The third-order valence-corrected chi connectivity index (χ3v) is 4.22. The number of thioether (sulfide) groups is 1. The molecule has 1 atom stereocenters. The van der Waals surface area contributed by atoms with Crippen LogP contribution in [-0.2, 0) is 9.59 Å². The number of carbonyl (C=O) groups excluding carboxylic acids is 2. The second-order valence-corrected chi connectivity index (χ2v) is 5.69. The molecule has 96 valence electrons. The minimum atomic E-state index is -0.142. The standard InChI is InChI=1S/C12H20N2O2S/c1-17-8-3-2-6-13-9-11(15)14-7-4-5-10(14)12(13)16/h10H,2-9H2,1H3. The van der Waals surface area contributed by atoms with E-state index in [1.807, 2.05) is 11.8 Å². The Balaban J connectivity index is 1.86. The highest BCUT2D eigenvalue weighted by Crippen LogP contribution is 2.23. The summed E-state index contributed by atoms with van der Waals surface area (Å²) >= 11 is 1.83. The zero-order chi connectivity index (χ0) is 12.3. The Hall–Kier alpha value is -0.710. The van der Waals surface area contributed by atoms with E-state index in [1.165, 1.54) is 0 Å². The molecular formula is C12H20N2O2S. The second-order valence-electron chi connectivity index (χ2n) is 4.70. The van der Waals surface area contributed by atoms with Crippen molar-refractivity contribution in [3.8, 4) is 0 Å². The van der Waals surface area contributed by atoms with E-state index < -0.39 is 0 Å². The van der Waals surface area contributed by atoms with Crippen LogP contribution < -0.4 is 0 Å². The Morgan fingerprint density at radius 1 is 1.35 bits per heavy atom. The van der Waals surface area contributed by atoms with Crippen molar-refractivity contribution in [2.75, 3.05) is 31.6 Å². The van der Waals surface area contributed by atoms with Crippen LogP contribution in [0.25, 0.3) is 0 Å². The maximum absolute atomic E-state index is 12.1. The molecule has 0 N–H and O–H groups in total. The first-order chi connectivity index (χ1) is 8.24. The largest absolute Gasteiger partial charge is 0.332 e. The van der Waals surface area contributed by atoms with Crippen LogP contribution in [0.5, 0.6) is 0 Å². The second kappa shape index (κ2) is 5.76. The molecule has 0 aromatic rings. The van der Waals surface area contributed by atoms with Gasteiger partial charge in [-0.1, -0.05) is 0 Å². The number of piperazine rings is 1. The van der Waals surface area contributed by atoms with E-state index >= 15 is 0 Å². The molecule has 2 amide bonds. The number of rotatable bonds is 5. The Bertz CT molecular complexity index is 309. The number of hydrogen-bond donors (Lipinski definition) is 0. The van der Waals surface area contributed by atoms with E-state index in [-0.39, 0.29) is 17.9 Å². The van der Waals surface area contributed by atoms with Gasteiger partial charge in [0, 0.05) is 13.1 Å². The molecule has 2 heterocycles. The van der Waals surface area contributed by atoms with Gasteiger partial charge in [-0.2, -0.15) is 11.8 Å². The van der Waals surface area contributed by atoms with Crippen molar-refractivity contribution in [3.05, 3.63) is 0 Å². The molecule has 5 heteroatoms. The summed E-state index contributed by atoms with van der Waals surface area (Å²) in [5.74, 6) is 1.44. The van der Waals surface area contributed by atoms with E-state index in [0.717, 1.165) is 44.5 Å². The van der Waals surface area contributed by atoms with Gasteiger partial charge in [0.15, 0.2) is 0 Å². The summed E-state index contributed by atoms with van der Waals surface area (Å²) in [5.41, 5.74) is 0. The van der Waals surface area contributed by atoms with Crippen LogP contribution in [0.1, 0.15) is 25.7 Å². The lowest BCUT2D eigenvalue weighted by Gasteiger charge is -2.36. The first-order valence-electron chi connectivity index (χ1n) is 6.31.